The lowest BCUT2D eigenvalue weighted by atomic mass is 10.2. The number of hydrogen-bond acceptors (Lipinski definition) is 0. The Morgan fingerprint density at radius 2 is 1.69 bits per heavy atom. The first kappa shape index (κ1) is 10.3. The molecule has 0 aliphatic carbocycles. The molecule has 0 fully saturated rings. The molecule has 1 aromatic carbocycles. The van der Waals surface area contributed by atoms with Gasteiger partial charge in [-0.05, 0) is 12.0 Å². The second-order valence-electron chi connectivity index (χ2n) is 4.46. The molecule has 0 saturated heterocycles. The van der Waals surface area contributed by atoms with Gasteiger partial charge in [0.15, 0.2) is 0 Å². The van der Waals surface area contributed by atoms with Crippen molar-refractivity contribution >= 4 is 8.07 Å². The van der Waals surface area contributed by atoms with Crippen molar-refractivity contribution in [2.24, 2.45) is 0 Å². The molecule has 1 aromatic rings. The number of allylic oxidation sites excluding steroid dienone is 1. The molecule has 0 radical (unpaired) electrons. The highest BCUT2D eigenvalue weighted by Gasteiger charge is 2.05. The summed E-state index contributed by atoms with van der Waals surface area (Å²) in [5.41, 5.74) is 3.80. The molecule has 0 aromatic heterocycles. The van der Waals surface area contributed by atoms with Crippen LogP contribution in [0.25, 0.3) is 0 Å². The van der Waals surface area contributed by atoms with Gasteiger partial charge >= 0.3 is 0 Å². The van der Waals surface area contributed by atoms with Crippen molar-refractivity contribution in [2.45, 2.75) is 26.1 Å². The van der Waals surface area contributed by atoms with Crippen LogP contribution in [0.1, 0.15) is 5.56 Å². The summed E-state index contributed by atoms with van der Waals surface area (Å²) in [6.45, 7) is 7.07. The Bertz CT molecular complexity index is 267. The van der Waals surface area contributed by atoms with E-state index < -0.39 is 8.07 Å². The van der Waals surface area contributed by atoms with Gasteiger partial charge < -0.3 is 0 Å². The van der Waals surface area contributed by atoms with Crippen LogP contribution in [0.15, 0.2) is 42.1 Å². The van der Waals surface area contributed by atoms with E-state index in [1.807, 2.05) is 0 Å². The van der Waals surface area contributed by atoms with Crippen LogP contribution >= 0.6 is 0 Å². The summed E-state index contributed by atoms with van der Waals surface area (Å²) in [6, 6.07) is 10.6. The van der Waals surface area contributed by atoms with Crippen molar-refractivity contribution in [1.29, 1.82) is 0 Å². The van der Waals surface area contributed by atoms with Crippen LogP contribution in [0.3, 0.4) is 0 Å². The maximum Gasteiger partial charge on any atom is 0.0683 e. The van der Waals surface area contributed by atoms with Gasteiger partial charge in [0.25, 0.3) is 0 Å². The third kappa shape index (κ3) is 4.68. The molecule has 1 rings (SSSR count). The lowest BCUT2D eigenvalue weighted by Crippen LogP contribution is -2.15. The predicted octanol–water partition coefficient (Wildman–Crippen LogP) is 3.66. The molecular formula is C12H18Si. The summed E-state index contributed by atoms with van der Waals surface area (Å²) >= 11 is 0. The van der Waals surface area contributed by atoms with Crippen molar-refractivity contribution in [1.82, 2.24) is 0 Å². The van der Waals surface area contributed by atoms with Crippen molar-refractivity contribution in [3.05, 3.63) is 47.7 Å². The number of rotatable bonds is 3. The topological polar surface area (TPSA) is 0 Å². The molecule has 0 atom stereocenters. The maximum atomic E-state index is 2.40. The minimum absolute atomic E-state index is 0.992. The van der Waals surface area contributed by atoms with Crippen LogP contribution in [0, 0.1) is 0 Å². The summed E-state index contributed by atoms with van der Waals surface area (Å²) in [7, 11) is -0.992. The summed E-state index contributed by atoms with van der Waals surface area (Å²) in [6.07, 6.45) is 3.38. The zero-order chi connectivity index (χ0) is 9.73. The fourth-order valence-electron chi connectivity index (χ4n) is 1.16. The van der Waals surface area contributed by atoms with Gasteiger partial charge in [-0.15, -0.1) is 0 Å². The van der Waals surface area contributed by atoms with E-state index in [9.17, 15) is 0 Å². The average molecular weight is 190 g/mol. The second kappa shape index (κ2) is 4.42. The van der Waals surface area contributed by atoms with Gasteiger partial charge in [-0.2, -0.15) is 0 Å². The Kier molecular flexibility index (Phi) is 3.49. The van der Waals surface area contributed by atoms with Gasteiger partial charge in [0.05, 0.1) is 8.07 Å². The minimum Gasteiger partial charge on any atom is -0.0986 e. The maximum absolute atomic E-state index is 2.40. The van der Waals surface area contributed by atoms with Gasteiger partial charge in [0.1, 0.15) is 0 Å². The standard InChI is InChI=1S/C12H18Si/c1-13(2,3)11-7-10-12-8-5-4-6-9-12/h4-9,11H,10H2,1-3H3. The Morgan fingerprint density at radius 3 is 2.23 bits per heavy atom. The normalized spacial score (nSPS) is 12.2. The van der Waals surface area contributed by atoms with Gasteiger partial charge in [0.2, 0.25) is 0 Å². The smallest absolute Gasteiger partial charge is 0.0683 e. The van der Waals surface area contributed by atoms with Crippen LogP contribution in [0.5, 0.6) is 0 Å². The van der Waals surface area contributed by atoms with E-state index in [1.54, 1.807) is 0 Å². The minimum atomic E-state index is -0.992. The molecule has 0 bridgehead atoms. The third-order valence-corrected chi connectivity index (χ3v) is 3.05. The number of benzene rings is 1. The third-order valence-electron chi connectivity index (χ3n) is 1.81. The van der Waals surface area contributed by atoms with Crippen molar-refractivity contribution in [3.8, 4) is 0 Å². The molecule has 0 aliphatic heterocycles. The highest BCUT2D eigenvalue weighted by molar-refractivity contribution is 6.80. The molecule has 70 valence electrons. The summed E-state index contributed by atoms with van der Waals surface area (Å²) in [5, 5.41) is 0. The molecule has 0 amide bonds. The molecule has 13 heavy (non-hydrogen) atoms. The quantitative estimate of drug-likeness (QED) is 0.638. The van der Waals surface area contributed by atoms with Crippen molar-refractivity contribution in [2.75, 3.05) is 0 Å². The molecule has 0 spiro atoms. The Hall–Kier alpha value is -0.823. The molecule has 0 aliphatic rings. The lowest BCUT2D eigenvalue weighted by Gasteiger charge is -2.07. The summed E-state index contributed by atoms with van der Waals surface area (Å²) in [5.74, 6) is 0. The van der Waals surface area contributed by atoms with Crippen molar-refractivity contribution in [3.63, 3.8) is 0 Å². The Labute approximate surface area is 82.3 Å². The molecule has 0 unspecified atom stereocenters. The summed E-state index contributed by atoms with van der Waals surface area (Å²) in [4.78, 5) is 0. The lowest BCUT2D eigenvalue weighted by molar-refractivity contribution is 1.27. The van der Waals surface area contributed by atoms with Crippen LogP contribution in [0.2, 0.25) is 19.6 Å². The van der Waals surface area contributed by atoms with E-state index in [0.717, 1.165) is 6.42 Å². The zero-order valence-corrected chi connectivity index (χ0v) is 9.75. The fraction of sp³-hybridized carbons (Fsp3) is 0.333. The van der Waals surface area contributed by atoms with E-state index >= 15 is 0 Å². The Balaban J connectivity index is 2.49. The summed E-state index contributed by atoms with van der Waals surface area (Å²) < 4.78 is 0. The van der Waals surface area contributed by atoms with Gasteiger partial charge in [0, 0.05) is 0 Å². The zero-order valence-electron chi connectivity index (χ0n) is 8.75. The predicted molar refractivity (Wildman–Crippen MR) is 62.6 cm³/mol. The van der Waals surface area contributed by atoms with Crippen LogP contribution in [-0.2, 0) is 6.42 Å². The van der Waals surface area contributed by atoms with Crippen LogP contribution in [0.4, 0.5) is 0 Å². The number of hydrogen-bond donors (Lipinski definition) is 0. The first-order valence-electron chi connectivity index (χ1n) is 4.79. The van der Waals surface area contributed by atoms with E-state index in [1.165, 1.54) is 5.56 Å². The Morgan fingerprint density at radius 1 is 1.08 bits per heavy atom. The van der Waals surface area contributed by atoms with Crippen LogP contribution < -0.4 is 0 Å². The van der Waals surface area contributed by atoms with E-state index in [4.69, 9.17) is 0 Å². The molecule has 1 heteroatoms. The van der Waals surface area contributed by atoms with E-state index in [2.05, 4.69) is 61.7 Å². The van der Waals surface area contributed by atoms with Crippen molar-refractivity contribution < 1.29 is 0 Å². The molecule has 0 saturated carbocycles. The fourth-order valence-corrected chi connectivity index (χ4v) is 1.99. The van der Waals surface area contributed by atoms with Crippen LogP contribution in [-0.4, -0.2) is 8.07 Å². The highest BCUT2D eigenvalue weighted by Crippen LogP contribution is 2.05. The first-order chi connectivity index (χ1) is 6.08. The van der Waals surface area contributed by atoms with E-state index in [-0.39, 0.29) is 0 Å². The molecule has 0 nitrogen and oxygen atoms in total. The van der Waals surface area contributed by atoms with Gasteiger partial charge in [-0.25, -0.2) is 0 Å². The average Bonchev–Trinajstić information content (AvgIpc) is 2.04. The highest BCUT2D eigenvalue weighted by atomic mass is 28.3. The van der Waals surface area contributed by atoms with Gasteiger partial charge in [-0.3, -0.25) is 0 Å². The van der Waals surface area contributed by atoms with E-state index in [0.29, 0.717) is 0 Å². The first-order valence-corrected chi connectivity index (χ1v) is 8.37. The second-order valence-corrected chi connectivity index (χ2v) is 9.52. The monoisotopic (exact) mass is 190 g/mol. The molecule has 0 N–H and O–H groups in total. The molecular weight excluding hydrogens is 172 g/mol. The molecule has 0 heterocycles. The SMILES string of the molecule is C[Si](C)(C)C=CCc1ccccc1. The largest absolute Gasteiger partial charge is 0.0986 e. The van der Waals surface area contributed by atoms with Gasteiger partial charge in [-0.1, -0.05) is 61.7 Å².